The van der Waals surface area contributed by atoms with Crippen molar-refractivity contribution in [3.63, 3.8) is 0 Å². The average Bonchev–Trinajstić information content (AvgIpc) is 3.49. The molecule has 0 aliphatic heterocycles. The molecule has 0 radical (unpaired) electrons. The zero-order chi connectivity index (χ0) is 31.6. The highest BCUT2D eigenvalue weighted by atomic mass is 16.3. The number of rotatable bonds is 7. The maximum atomic E-state index is 6.36. The van der Waals surface area contributed by atoms with Crippen molar-refractivity contribution < 1.29 is 4.42 Å². The second-order valence-electron chi connectivity index (χ2n) is 11.8. The summed E-state index contributed by atoms with van der Waals surface area (Å²) in [7, 11) is 0. The number of nitrogens with zero attached hydrogens (tertiary/aromatic N) is 1. The number of para-hydroxylation sites is 2. The number of hydrogen-bond donors (Lipinski definition) is 0. The molecule has 1 heterocycles. The lowest BCUT2D eigenvalue weighted by molar-refractivity contribution is 0.629. The van der Waals surface area contributed by atoms with E-state index in [1.165, 1.54) is 33.4 Å². The molecule has 8 aromatic rings. The lowest BCUT2D eigenvalue weighted by atomic mass is 9.89. The van der Waals surface area contributed by atoms with Gasteiger partial charge in [0.25, 0.3) is 0 Å². The summed E-state index contributed by atoms with van der Waals surface area (Å²) in [6.07, 6.45) is 0. The molecule has 0 fully saturated rings. The minimum atomic E-state index is 0.906. The highest BCUT2D eigenvalue weighted by molar-refractivity contribution is 5.92. The Balaban J connectivity index is 1.20. The fourth-order valence-corrected chi connectivity index (χ4v) is 6.61. The van der Waals surface area contributed by atoms with Crippen molar-refractivity contribution in [1.82, 2.24) is 0 Å². The van der Waals surface area contributed by atoms with Gasteiger partial charge in [-0.15, -0.1) is 0 Å². The quantitative estimate of drug-likeness (QED) is 0.180. The van der Waals surface area contributed by atoms with Crippen LogP contribution in [-0.2, 0) is 0 Å². The summed E-state index contributed by atoms with van der Waals surface area (Å²) < 4.78 is 6.36. The zero-order valence-electron chi connectivity index (χ0n) is 26.2. The number of anilines is 3. The number of fused-ring (bicyclic) bond motifs is 1. The summed E-state index contributed by atoms with van der Waals surface area (Å²) in [5.41, 5.74) is 13.6. The normalized spacial score (nSPS) is 11.1. The molecule has 224 valence electrons. The fraction of sp³-hybridized carbons (Fsp3) is 0.0222. The molecule has 47 heavy (non-hydrogen) atoms. The van der Waals surface area contributed by atoms with Gasteiger partial charge in [-0.3, -0.25) is 0 Å². The predicted octanol–water partition coefficient (Wildman–Crippen LogP) is 12.9. The van der Waals surface area contributed by atoms with Gasteiger partial charge in [0.1, 0.15) is 11.3 Å². The molecule has 0 unspecified atom stereocenters. The second-order valence-corrected chi connectivity index (χ2v) is 11.8. The molecule has 0 bridgehead atoms. The molecular weight excluding hydrogens is 571 g/mol. The number of benzene rings is 7. The summed E-state index contributed by atoms with van der Waals surface area (Å²) in [6.45, 7) is 2.14. The van der Waals surface area contributed by atoms with Crippen LogP contribution in [-0.4, -0.2) is 0 Å². The molecule has 0 amide bonds. The van der Waals surface area contributed by atoms with Gasteiger partial charge in [0, 0.05) is 33.6 Å². The number of hydrogen-bond acceptors (Lipinski definition) is 2. The van der Waals surface area contributed by atoms with Crippen molar-refractivity contribution >= 4 is 28.0 Å². The van der Waals surface area contributed by atoms with E-state index in [0.717, 1.165) is 44.9 Å². The van der Waals surface area contributed by atoms with E-state index in [1.54, 1.807) is 0 Å². The van der Waals surface area contributed by atoms with Crippen LogP contribution >= 0.6 is 0 Å². The van der Waals surface area contributed by atoms with Crippen LogP contribution in [0.15, 0.2) is 186 Å². The molecule has 0 spiro atoms. The first-order valence-corrected chi connectivity index (χ1v) is 16.0. The van der Waals surface area contributed by atoms with Gasteiger partial charge in [-0.05, 0) is 82.8 Å². The minimum Gasteiger partial charge on any atom is -0.456 e. The summed E-state index contributed by atoms with van der Waals surface area (Å²) in [5, 5.41) is 1.15. The van der Waals surface area contributed by atoms with E-state index in [2.05, 4.69) is 182 Å². The lowest BCUT2D eigenvalue weighted by Gasteiger charge is -2.26. The minimum absolute atomic E-state index is 0.906. The van der Waals surface area contributed by atoms with E-state index in [-0.39, 0.29) is 0 Å². The first kappa shape index (κ1) is 28.4. The summed E-state index contributed by atoms with van der Waals surface area (Å²) in [6, 6.07) is 64.3. The van der Waals surface area contributed by atoms with Crippen molar-refractivity contribution in [3.8, 4) is 44.7 Å². The van der Waals surface area contributed by atoms with Crippen LogP contribution in [0.2, 0.25) is 0 Å². The summed E-state index contributed by atoms with van der Waals surface area (Å²) >= 11 is 0. The average molecular weight is 604 g/mol. The molecule has 0 aliphatic carbocycles. The Morgan fingerprint density at radius 2 is 0.872 bits per heavy atom. The van der Waals surface area contributed by atoms with Crippen LogP contribution in [0.4, 0.5) is 17.1 Å². The van der Waals surface area contributed by atoms with Gasteiger partial charge in [0.2, 0.25) is 0 Å². The van der Waals surface area contributed by atoms with Crippen molar-refractivity contribution in [2.75, 3.05) is 4.90 Å². The van der Waals surface area contributed by atoms with Gasteiger partial charge >= 0.3 is 0 Å². The van der Waals surface area contributed by atoms with E-state index in [9.17, 15) is 0 Å². The lowest BCUT2D eigenvalue weighted by Crippen LogP contribution is -2.09. The molecule has 8 rings (SSSR count). The molecule has 2 nitrogen and oxygen atoms in total. The van der Waals surface area contributed by atoms with Gasteiger partial charge in [0.05, 0.1) is 0 Å². The van der Waals surface area contributed by atoms with Gasteiger partial charge in [-0.1, -0.05) is 140 Å². The van der Waals surface area contributed by atoms with E-state index >= 15 is 0 Å². The van der Waals surface area contributed by atoms with Crippen molar-refractivity contribution in [2.24, 2.45) is 0 Å². The van der Waals surface area contributed by atoms with Crippen molar-refractivity contribution in [2.45, 2.75) is 6.92 Å². The van der Waals surface area contributed by atoms with Crippen LogP contribution < -0.4 is 4.90 Å². The highest BCUT2D eigenvalue weighted by Gasteiger charge is 2.18. The number of furan rings is 1. The maximum absolute atomic E-state index is 6.36. The molecule has 0 aliphatic rings. The monoisotopic (exact) mass is 603 g/mol. The highest BCUT2D eigenvalue weighted by Crippen LogP contribution is 2.41. The Kier molecular flexibility index (Phi) is 7.45. The van der Waals surface area contributed by atoms with Crippen LogP contribution in [0.3, 0.4) is 0 Å². The van der Waals surface area contributed by atoms with Crippen LogP contribution in [0.25, 0.3) is 55.7 Å². The molecule has 1 aromatic heterocycles. The standard InChI is InChI=1S/C45H33NO/c1-32-39-21-12-13-26-44(39)47-45(32)35-17-14-20-38(31-35)46(36-18-6-3-7-19-36)37-29-27-34(28-30-37)41-23-9-11-25-43(41)42-24-10-8-22-40(42)33-15-4-2-5-16-33/h2-31H,1H3. The molecule has 0 atom stereocenters. The van der Waals surface area contributed by atoms with Crippen molar-refractivity contribution in [1.29, 1.82) is 0 Å². The predicted molar refractivity (Wildman–Crippen MR) is 197 cm³/mol. The van der Waals surface area contributed by atoms with Crippen molar-refractivity contribution in [3.05, 3.63) is 188 Å². The molecule has 7 aromatic carbocycles. The largest absolute Gasteiger partial charge is 0.456 e. The first-order valence-electron chi connectivity index (χ1n) is 16.0. The topological polar surface area (TPSA) is 16.4 Å². The fourth-order valence-electron chi connectivity index (χ4n) is 6.61. The van der Waals surface area contributed by atoms with Crippen LogP contribution in [0.1, 0.15) is 5.56 Å². The smallest absolute Gasteiger partial charge is 0.138 e. The zero-order valence-corrected chi connectivity index (χ0v) is 26.2. The summed E-state index contributed by atoms with van der Waals surface area (Å²) in [5.74, 6) is 0.906. The Hall–Kier alpha value is -6.12. The Labute approximate surface area is 275 Å². The van der Waals surface area contributed by atoms with E-state index < -0.39 is 0 Å². The molecule has 2 heteroatoms. The van der Waals surface area contributed by atoms with Gasteiger partial charge < -0.3 is 9.32 Å². The Bertz CT molecular complexity index is 2300. The SMILES string of the molecule is Cc1c(-c2cccc(N(c3ccccc3)c3ccc(-c4ccccc4-c4ccccc4-c4ccccc4)cc3)c2)oc2ccccc12. The van der Waals surface area contributed by atoms with E-state index in [4.69, 9.17) is 4.42 Å². The molecule has 0 N–H and O–H groups in total. The maximum Gasteiger partial charge on any atom is 0.138 e. The van der Waals surface area contributed by atoms with Gasteiger partial charge in [-0.2, -0.15) is 0 Å². The third-order valence-corrected chi connectivity index (χ3v) is 8.89. The Morgan fingerprint density at radius 1 is 0.383 bits per heavy atom. The van der Waals surface area contributed by atoms with Gasteiger partial charge in [0.15, 0.2) is 0 Å². The second kappa shape index (κ2) is 12.3. The third kappa shape index (κ3) is 5.41. The number of aryl methyl sites for hydroxylation is 1. The first-order chi connectivity index (χ1) is 23.2. The van der Waals surface area contributed by atoms with E-state index in [0.29, 0.717) is 0 Å². The molecular formula is C45H33NO. The molecule has 0 saturated heterocycles. The summed E-state index contributed by atoms with van der Waals surface area (Å²) in [4.78, 5) is 2.31. The van der Waals surface area contributed by atoms with Crippen LogP contribution in [0.5, 0.6) is 0 Å². The van der Waals surface area contributed by atoms with E-state index in [1.807, 2.05) is 12.1 Å². The van der Waals surface area contributed by atoms with Gasteiger partial charge in [-0.25, -0.2) is 0 Å². The Morgan fingerprint density at radius 3 is 1.53 bits per heavy atom. The third-order valence-electron chi connectivity index (χ3n) is 8.89. The molecule has 0 saturated carbocycles. The van der Waals surface area contributed by atoms with Crippen LogP contribution in [0, 0.1) is 6.92 Å².